The second kappa shape index (κ2) is 5.64. The topological polar surface area (TPSA) is 20.2 Å². The quantitative estimate of drug-likeness (QED) is 0.499. The summed E-state index contributed by atoms with van der Waals surface area (Å²) in [7, 11) is 0. The van der Waals surface area contributed by atoms with Crippen LogP contribution in [-0.4, -0.2) is 5.11 Å². The molecule has 0 saturated carbocycles. The molecule has 0 spiro atoms. The Hall–Kier alpha value is -0.980. The van der Waals surface area contributed by atoms with Gasteiger partial charge in [0.1, 0.15) is 5.76 Å². The van der Waals surface area contributed by atoms with Gasteiger partial charge in [0.25, 0.3) is 0 Å². The summed E-state index contributed by atoms with van der Waals surface area (Å²) in [5.74, 6) is 0.783. The van der Waals surface area contributed by atoms with Crippen molar-refractivity contribution in [1.82, 2.24) is 0 Å². The van der Waals surface area contributed by atoms with E-state index in [9.17, 15) is 0 Å². The van der Waals surface area contributed by atoms with Crippen LogP contribution in [-0.2, 0) is 0 Å². The van der Waals surface area contributed by atoms with Crippen LogP contribution >= 0.6 is 0 Å². The first-order chi connectivity index (χ1) is 5.61. The molecule has 1 unspecified atom stereocenters. The van der Waals surface area contributed by atoms with Gasteiger partial charge in [-0.1, -0.05) is 32.1 Å². The SMILES string of the molecule is C=C(/C=C\C(O)=C/C)C(C)CC. The van der Waals surface area contributed by atoms with Gasteiger partial charge in [-0.25, -0.2) is 0 Å². The van der Waals surface area contributed by atoms with E-state index < -0.39 is 0 Å². The third-order valence-electron chi connectivity index (χ3n) is 2.01. The number of aliphatic hydroxyl groups is 1. The molecule has 0 aromatic rings. The first kappa shape index (κ1) is 11.0. The van der Waals surface area contributed by atoms with Gasteiger partial charge in [0.05, 0.1) is 0 Å². The molecule has 1 nitrogen and oxygen atoms in total. The Labute approximate surface area is 75.1 Å². The van der Waals surface area contributed by atoms with Crippen molar-refractivity contribution in [2.24, 2.45) is 5.92 Å². The molecule has 0 aliphatic heterocycles. The summed E-state index contributed by atoms with van der Waals surface area (Å²) < 4.78 is 0. The fourth-order valence-corrected chi connectivity index (χ4v) is 0.715. The lowest BCUT2D eigenvalue weighted by atomic mass is 10.00. The minimum Gasteiger partial charge on any atom is -0.508 e. The van der Waals surface area contributed by atoms with E-state index in [1.807, 2.05) is 6.08 Å². The smallest absolute Gasteiger partial charge is 0.111 e. The van der Waals surface area contributed by atoms with E-state index in [0.29, 0.717) is 11.7 Å². The van der Waals surface area contributed by atoms with Crippen molar-refractivity contribution < 1.29 is 5.11 Å². The molecular formula is C11H18O. The van der Waals surface area contributed by atoms with E-state index in [4.69, 9.17) is 5.11 Å². The molecule has 0 aromatic carbocycles. The van der Waals surface area contributed by atoms with Crippen LogP contribution in [0.2, 0.25) is 0 Å². The van der Waals surface area contributed by atoms with Gasteiger partial charge in [0.2, 0.25) is 0 Å². The Balaban J connectivity index is 4.09. The molecule has 0 aromatic heterocycles. The van der Waals surface area contributed by atoms with Crippen molar-refractivity contribution in [2.45, 2.75) is 27.2 Å². The number of hydrogen-bond acceptors (Lipinski definition) is 1. The maximum atomic E-state index is 9.09. The van der Waals surface area contributed by atoms with E-state index in [-0.39, 0.29) is 0 Å². The number of aliphatic hydroxyl groups excluding tert-OH is 1. The van der Waals surface area contributed by atoms with Gasteiger partial charge in [-0.2, -0.15) is 0 Å². The molecule has 1 atom stereocenters. The maximum Gasteiger partial charge on any atom is 0.111 e. The van der Waals surface area contributed by atoms with Crippen LogP contribution in [0.4, 0.5) is 0 Å². The second-order valence-corrected chi connectivity index (χ2v) is 2.93. The standard InChI is InChI=1S/C11H18O/c1-5-9(3)10(4)7-8-11(12)6-2/h6-9,12H,4-5H2,1-3H3/b8-7-,11-6+. The number of hydrogen-bond donors (Lipinski definition) is 1. The molecular weight excluding hydrogens is 148 g/mol. The van der Waals surface area contributed by atoms with E-state index in [1.165, 1.54) is 0 Å². The summed E-state index contributed by atoms with van der Waals surface area (Å²) in [4.78, 5) is 0. The predicted molar refractivity (Wildman–Crippen MR) is 54.1 cm³/mol. The van der Waals surface area contributed by atoms with E-state index in [0.717, 1.165) is 12.0 Å². The van der Waals surface area contributed by atoms with Crippen molar-refractivity contribution in [3.8, 4) is 0 Å². The molecule has 0 radical (unpaired) electrons. The summed E-state index contributed by atoms with van der Waals surface area (Å²) in [5.41, 5.74) is 1.06. The van der Waals surface area contributed by atoms with Gasteiger partial charge in [0, 0.05) is 0 Å². The van der Waals surface area contributed by atoms with Gasteiger partial charge >= 0.3 is 0 Å². The summed E-state index contributed by atoms with van der Waals surface area (Å²) in [6.07, 6.45) is 6.28. The third kappa shape index (κ3) is 4.02. The molecule has 0 rings (SSSR count). The summed E-state index contributed by atoms with van der Waals surface area (Å²) in [5, 5.41) is 9.09. The molecule has 0 amide bonds. The Bertz CT molecular complexity index is 199. The van der Waals surface area contributed by atoms with E-state index in [1.54, 1.807) is 19.1 Å². The highest BCUT2D eigenvalue weighted by Gasteiger charge is 1.99. The van der Waals surface area contributed by atoms with Gasteiger partial charge in [-0.05, 0) is 31.4 Å². The lowest BCUT2D eigenvalue weighted by molar-refractivity contribution is 0.431. The van der Waals surface area contributed by atoms with Crippen molar-refractivity contribution in [3.05, 3.63) is 36.1 Å². The fraction of sp³-hybridized carbons (Fsp3) is 0.455. The minimum absolute atomic E-state index is 0.291. The Morgan fingerprint density at radius 1 is 1.50 bits per heavy atom. The zero-order chi connectivity index (χ0) is 9.56. The average Bonchev–Trinajstić information content (AvgIpc) is 2.11. The second-order valence-electron chi connectivity index (χ2n) is 2.93. The summed E-state index contributed by atoms with van der Waals surface area (Å²) in [6, 6.07) is 0. The zero-order valence-electron chi connectivity index (χ0n) is 8.17. The molecule has 0 aliphatic rings. The van der Waals surface area contributed by atoms with Crippen molar-refractivity contribution in [2.75, 3.05) is 0 Å². The highest BCUT2D eigenvalue weighted by Crippen LogP contribution is 2.13. The third-order valence-corrected chi connectivity index (χ3v) is 2.01. The molecule has 1 heteroatoms. The molecule has 0 bridgehead atoms. The van der Waals surface area contributed by atoms with Crippen LogP contribution in [0.5, 0.6) is 0 Å². The Morgan fingerprint density at radius 3 is 2.50 bits per heavy atom. The van der Waals surface area contributed by atoms with Crippen LogP contribution in [0.1, 0.15) is 27.2 Å². The molecule has 68 valence electrons. The van der Waals surface area contributed by atoms with Crippen LogP contribution in [0.15, 0.2) is 36.1 Å². The predicted octanol–water partition coefficient (Wildman–Crippen LogP) is 3.61. The molecule has 0 heterocycles. The molecule has 0 fully saturated rings. The maximum absolute atomic E-state index is 9.09. The highest BCUT2D eigenvalue weighted by molar-refractivity contribution is 5.23. The highest BCUT2D eigenvalue weighted by atomic mass is 16.3. The number of allylic oxidation sites excluding steroid dienone is 4. The van der Waals surface area contributed by atoms with Crippen LogP contribution in [0.3, 0.4) is 0 Å². The molecule has 0 aliphatic carbocycles. The summed E-state index contributed by atoms with van der Waals surface area (Å²) in [6.45, 7) is 9.95. The first-order valence-corrected chi connectivity index (χ1v) is 4.34. The first-order valence-electron chi connectivity index (χ1n) is 4.34. The van der Waals surface area contributed by atoms with Gasteiger partial charge in [-0.15, -0.1) is 0 Å². The molecule has 12 heavy (non-hydrogen) atoms. The lowest BCUT2D eigenvalue weighted by Gasteiger charge is -2.06. The van der Waals surface area contributed by atoms with Crippen molar-refractivity contribution in [1.29, 1.82) is 0 Å². The van der Waals surface area contributed by atoms with Crippen molar-refractivity contribution >= 4 is 0 Å². The van der Waals surface area contributed by atoms with E-state index >= 15 is 0 Å². The average molecular weight is 166 g/mol. The van der Waals surface area contributed by atoms with E-state index in [2.05, 4.69) is 20.4 Å². The molecule has 1 N–H and O–H groups in total. The monoisotopic (exact) mass is 166 g/mol. The number of rotatable bonds is 4. The Morgan fingerprint density at radius 2 is 2.08 bits per heavy atom. The van der Waals surface area contributed by atoms with Gasteiger partial charge in [-0.3, -0.25) is 0 Å². The largest absolute Gasteiger partial charge is 0.508 e. The lowest BCUT2D eigenvalue weighted by Crippen LogP contribution is -1.92. The Kier molecular flexibility index (Phi) is 5.18. The van der Waals surface area contributed by atoms with Gasteiger partial charge in [0.15, 0.2) is 0 Å². The van der Waals surface area contributed by atoms with Crippen LogP contribution in [0, 0.1) is 5.92 Å². The fourth-order valence-electron chi connectivity index (χ4n) is 0.715. The summed E-state index contributed by atoms with van der Waals surface area (Å²) >= 11 is 0. The van der Waals surface area contributed by atoms with Crippen LogP contribution in [0.25, 0.3) is 0 Å². The molecule has 0 saturated heterocycles. The minimum atomic E-state index is 0.291. The zero-order valence-corrected chi connectivity index (χ0v) is 8.17. The van der Waals surface area contributed by atoms with Gasteiger partial charge < -0.3 is 5.11 Å². The normalized spacial score (nSPS) is 15.1. The van der Waals surface area contributed by atoms with Crippen molar-refractivity contribution in [3.63, 3.8) is 0 Å². The van der Waals surface area contributed by atoms with Crippen LogP contribution < -0.4 is 0 Å².